The molecule has 302 valence electrons. The van der Waals surface area contributed by atoms with Crippen LogP contribution in [-0.4, -0.2) is 23.7 Å². The molecule has 0 unspecified atom stereocenters. The maximum absolute atomic E-state index is 7.62. The van der Waals surface area contributed by atoms with Crippen molar-refractivity contribution in [3.63, 3.8) is 0 Å². The lowest BCUT2D eigenvalue weighted by Gasteiger charge is -2.12. The van der Waals surface area contributed by atoms with E-state index in [2.05, 4.69) is 194 Å². The van der Waals surface area contributed by atoms with Gasteiger partial charge in [-0.05, 0) is 84.9 Å². The van der Waals surface area contributed by atoms with Gasteiger partial charge in [-0.2, -0.15) is 0 Å². The second kappa shape index (κ2) is 14.5. The van der Waals surface area contributed by atoms with Crippen LogP contribution in [0.1, 0.15) is 0 Å². The molecule has 6 heteroatoms. The molecule has 65 heavy (non-hydrogen) atoms. The molecule has 9 aromatic carbocycles. The van der Waals surface area contributed by atoms with Crippen LogP contribution in [0.3, 0.4) is 0 Å². The van der Waals surface area contributed by atoms with Gasteiger partial charge in [0.05, 0.1) is 51.1 Å². The Balaban J connectivity index is 1.01. The first-order valence-electron chi connectivity index (χ1n) is 21.8. The van der Waals surface area contributed by atoms with Gasteiger partial charge in [0.15, 0.2) is 11.5 Å². The first-order valence-corrected chi connectivity index (χ1v) is 21.8. The molecule has 0 atom stereocenters. The van der Waals surface area contributed by atoms with Crippen LogP contribution in [0.15, 0.2) is 218 Å². The van der Waals surface area contributed by atoms with Crippen molar-refractivity contribution in [2.75, 3.05) is 0 Å². The lowest BCUT2D eigenvalue weighted by Crippen LogP contribution is -1.98. The van der Waals surface area contributed by atoms with Crippen molar-refractivity contribution in [2.45, 2.75) is 0 Å². The summed E-state index contributed by atoms with van der Waals surface area (Å²) in [5.41, 5.74) is 15.2. The average molecular weight is 829 g/mol. The molecule has 0 bridgehead atoms. The van der Waals surface area contributed by atoms with Crippen LogP contribution in [0.25, 0.3) is 121 Å². The summed E-state index contributed by atoms with van der Waals surface area (Å²) < 4.78 is 7.18. The molecule has 0 N–H and O–H groups in total. The number of rotatable bonds is 6. The van der Waals surface area contributed by atoms with Crippen LogP contribution in [0.5, 0.6) is 0 Å². The number of fused-ring (bicyclic) bond motifs is 9. The standard InChI is InChI=1S/C59H36N6/c1-60-41-17-13-16-40(34-41)59-61-51(38-14-3-2-4-15-38)37-52(62-59)39-26-28-42(29-27-39)63-57-32-30-43(64-53-22-9-5-18-45(53)46-19-6-10-23-54(46)64)35-49(57)50-36-44(31-33-58(50)63)65-55-24-11-7-20-47(55)48-21-8-12-25-56(48)65/h2-37H. The Hall–Kier alpha value is -9.05. The maximum Gasteiger partial charge on any atom is 0.187 e. The molecule has 0 aliphatic carbocycles. The van der Waals surface area contributed by atoms with E-state index in [-0.39, 0.29) is 0 Å². The Morgan fingerprint density at radius 2 is 0.708 bits per heavy atom. The highest BCUT2D eigenvalue weighted by Gasteiger charge is 2.19. The number of aromatic nitrogens is 5. The Labute approximate surface area is 374 Å². The van der Waals surface area contributed by atoms with Gasteiger partial charge in [-0.25, -0.2) is 14.8 Å². The van der Waals surface area contributed by atoms with Gasteiger partial charge in [0.25, 0.3) is 0 Å². The summed E-state index contributed by atoms with van der Waals surface area (Å²) in [6.45, 7) is 7.62. The fourth-order valence-corrected chi connectivity index (χ4v) is 9.93. The summed E-state index contributed by atoms with van der Waals surface area (Å²) in [7, 11) is 0. The quantitative estimate of drug-likeness (QED) is 0.157. The SMILES string of the molecule is [C-]#[N+]c1cccc(-c2nc(-c3ccccc3)cc(-c3ccc(-n4c5ccc(-n6c7ccccc7c7ccccc76)cc5c5cc(-n6c7ccccc7c7ccccc76)ccc54)cc3)n2)c1. The third-order valence-corrected chi connectivity index (χ3v) is 12.9. The molecule has 0 saturated heterocycles. The zero-order valence-corrected chi connectivity index (χ0v) is 35.0. The van der Waals surface area contributed by atoms with Gasteiger partial charge in [-0.1, -0.05) is 133 Å². The molecular formula is C59H36N6. The Morgan fingerprint density at radius 3 is 1.20 bits per heavy atom. The van der Waals surface area contributed by atoms with E-state index < -0.39 is 0 Å². The van der Waals surface area contributed by atoms with Crippen molar-refractivity contribution >= 4 is 71.1 Å². The van der Waals surface area contributed by atoms with Crippen LogP contribution in [0.4, 0.5) is 5.69 Å². The summed E-state index contributed by atoms with van der Waals surface area (Å²) >= 11 is 0. The first kappa shape index (κ1) is 36.6. The third kappa shape index (κ3) is 5.80. The topological polar surface area (TPSA) is 44.9 Å². The Bertz CT molecular complexity index is 3790. The van der Waals surface area contributed by atoms with E-state index in [0.717, 1.165) is 56.2 Å². The van der Waals surface area contributed by atoms with Gasteiger partial charge in [0.1, 0.15) is 0 Å². The molecule has 0 amide bonds. The minimum Gasteiger partial charge on any atom is -0.309 e. The van der Waals surface area contributed by atoms with Gasteiger partial charge < -0.3 is 13.7 Å². The number of hydrogen-bond acceptors (Lipinski definition) is 2. The number of nitrogens with zero attached hydrogens (tertiary/aromatic N) is 6. The molecule has 0 spiro atoms. The first-order chi connectivity index (χ1) is 32.2. The molecule has 13 rings (SSSR count). The van der Waals surface area contributed by atoms with E-state index in [1.54, 1.807) is 0 Å². The zero-order valence-electron chi connectivity index (χ0n) is 35.0. The summed E-state index contributed by atoms with van der Waals surface area (Å²) in [6.07, 6.45) is 0. The van der Waals surface area contributed by atoms with E-state index >= 15 is 0 Å². The molecule has 0 aliphatic rings. The van der Waals surface area contributed by atoms with Gasteiger partial charge in [-0.3, -0.25) is 0 Å². The zero-order chi connectivity index (χ0) is 43.0. The highest BCUT2D eigenvalue weighted by atomic mass is 15.0. The molecule has 4 heterocycles. The summed E-state index contributed by atoms with van der Waals surface area (Å²) in [5.74, 6) is 0.580. The smallest absolute Gasteiger partial charge is 0.187 e. The molecule has 0 aliphatic heterocycles. The lowest BCUT2D eigenvalue weighted by atomic mass is 10.1. The molecular weight excluding hydrogens is 793 g/mol. The Kier molecular flexibility index (Phi) is 8.17. The normalized spacial score (nSPS) is 11.7. The maximum atomic E-state index is 7.62. The monoisotopic (exact) mass is 828 g/mol. The van der Waals surface area contributed by atoms with Crippen LogP contribution in [0.2, 0.25) is 0 Å². The summed E-state index contributed by atoms with van der Waals surface area (Å²) in [4.78, 5) is 13.8. The minimum atomic E-state index is 0.553. The van der Waals surface area contributed by atoms with Crippen LogP contribution in [-0.2, 0) is 0 Å². The van der Waals surface area contributed by atoms with E-state index in [1.165, 1.54) is 54.4 Å². The second-order valence-corrected chi connectivity index (χ2v) is 16.5. The molecule has 0 radical (unpaired) electrons. The molecule has 4 aromatic heterocycles. The van der Waals surface area contributed by atoms with Gasteiger partial charge in [-0.15, -0.1) is 0 Å². The lowest BCUT2D eigenvalue weighted by molar-refractivity contribution is 1.16. The summed E-state index contributed by atoms with van der Waals surface area (Å²) in [5, 5.41) is 7.29. The fourth-order valence-electron chi connectivity index (χ4n) is 9.93. The van der Waals surface area contributed by atoms with Crippen LogP contribution in [0, 0.1) is 6.57 Å². The van der Waals surface area contributed by atoms with Crippen molar-refractivity contribution < 1.29 is 0 Å². The number of para-hydroxylation sites is 4. The largest absolute Gasteiger partial charge is 0.309 e. The van der Waals surface area contributed by atoms with Crippen LogP contribution < -0.4 is 0 Å². The predicted octanol–water partition coefficient (Wildman–Crippen LogP) is 15.3. The average Bonchev–Trinajstić information content (AvgIpc) is 4.02. The minimum absolute atomic E-state index is 0.553. The highest BCUT2D eigenvalue weighted by Crippen LogP contribution is 2.40. The molecule has 6 nitrogen and oxygen atoms in total. The molecule has 13 aromatic rings. The Morgan fingerprint density at radius 1 is 0.308 bits per heavy atom. The van der Waals surface area contributed by atoms with Gasteiger partial charge in [0, 0.05) is 66.1 Å². The molecule has 0 saturated carbocycles. The van der Waals surface area contributed by atoms with E-state index in [1.807, 2.05) is 42.5 Å². The fraction of sp³-hybridized carbons (Fsp3) is 0. The molecule has 0 fully saturated rings. The van der Waals surface area contributed by atoms with Gasteiger partial charge in [0.2, 0.25) is 0 Å². The van der Waals surface area contributed by atoms with E-state index in [4.69, 9.17) is 16.5 Å². The van der Waals surface area contributed by atoms with E-state index in [9.17, 15) is 0 Å². The van der Waals surface area contributed by atoms with Crippen molar-refractivity contribution in [1.29, 1.82) is 0 Å². The third-order valence-electron chi connectivity index (χ3n) is 12.9. The predicted molar refractivity (Wildman–Crippen MR) is 268 cm³/mol. The van der Waals surface area contributed by atoms with E-state index in [0.29, 0.717) is 11.5 Å². The van der Waals surface area contributed by atoms with Crippen molar-refractivity contribution in [3.05, 3.63) is 230 Å². The van der Waals surface area contributed by atoms with Gasteiger partial charge >= 0.3 is 0 Å². The van der Waals surface area contributed by atoms with Crippen molar-refractivity contribution in [3.8, 4) is 51.0 Å². The second-order valence-electron chi connectivity index (χ2n) is 16.5. The highest BCUT2D eigenvalue weighted by molar-refractivity contribution is 6.14. The van der Waals surface area contributed by atoms with Crippen LogP contribution >= 0.6 is 0 Å². The summed E-state index contributed by atoms with van der Waals surface area (Å²) in [6, 6.07) is 77.0. The number of benzene rings is 9. The number of hydrogen-bond donors (Lipinski definition) is 0. The van der Waals surface area contributed by atoms with Crippen molar-refractivity contribution in [1.82, 2.24) is 23.7 Å². The van der Waals surface area contributed by atoms with Crippen molar-refractivity contribution in [2.24, 2.45) is 0 Å².